The van der Waals surface area contributed by atoms with Crippen molar-refractivity contribution in [2.45, 2.75) is 19.4 Å². The Hall–Kier alpha value is -3.86. The molecule has 30 heavy (non-hydrogen) atoms. The number of imide groups is 1. The molecule has 0 N–H and O–H groups in total. The summed E-state index contributed by atoms with van der Waals surface area (Å²) in [6.45, 7) is 1.84. The highest BCUT2D eigenvalue weighted by Crippen LogP contribution is 2.35. The summed E-state index contributed by atoms with van der Waals surface area (Å²) >= 11 is 0. The van der Waals surface area contributed by atoms with E-state index in [1.165, 1.54) is 4.90 Å². The van der Waals surface area contributed by atoms with Crippen LogP contribution in [0, 0.1) is 0 Å². The van der Waals surface area contributed by atoms with Crippen molar-refractivity contribution in [3.05, 3.63) is 107 Å². The minimum atomic E-state index is -0.660. The van der Waals surface area contributed by atoms with E-state index in [0.717, 1.165) is 0 Å². The third kappa shape index (κ3) is 3.14. The molecule has 4 rings (SSSR count). The number of hydrogen-bond acceptors (Lipinski definition) is 4. The van der Waals surface area contributed by atoms with Crippen LogP contribution in [0.15, 0.2) is 78.9 Å². The van der Waals surface area contributed by atoms with E-state index in [4.69, 9.17) is 0 Å². The fourth-order valence-corrected chi connectivity index (χ4v) is 3.87. The molecule has 5 nitrogen and oxygen atoms in total. The number of carbonyl (C=O) groups excluding carboxylic acids is 4. The summed E-state index contributed by atoms with van der Waals surface area (Å²) in [5, 5.41) is 0. The fraction of sp³-hybridized carbons (Fsp3) is 0.120. The lowest BCUT2D eigenvalue weighted by Gasteiger charge is -2.27. The SMILES string of the molecule is CCC(c1ccccc1C(=O)C(=O)c1ccccc1)N1C(=O)c2ccccc2C1=O. The molecule has 1 aliphatic rings. The van der Waals surface area contributed by atoms with E-state index in [0.29, 0.717) is 28.7 Å². The van der Waals surface area contributed by atoms with Crippen LogP contribution < -0.4 is 0 Å². The van der Waals surface area contributed by atoms with E-state index in [1.807, 2.05) is 6.92 Å². The first-order valence-corrected chi connectivity index (χ1v) is 9.74. The number of amides is 2. The van der Waals surface area contributed by atoms with Crippen molar-refractivity contribution in [3.63, 3.8) is 0 Å². The van der Waals surface area contributed by atoms with Gasteiger partial charge in [-0.3, -0.25) is 24.1 Å². The minimum absolute atomic E-state index is 0.203. The molecule has 5 heteroatoms. The van der Waals surface area contributed by atoms with Gasteiger partial charge in [0, 0.05) is 11.1 Å². The molecule has 0 aliphatic carbocycles. The van der Waals surface area contributed by atoms with Gasteiger partial charge < -0.3 is 0 Å². The molecule has 0 saturated heterocycles. The summed E-state index contributed by atoms with van der Waals surface area (Å²) < 4.78 is 0. The van der Waals surface area contributed by atoms with Crippen LogP contribution in [-0.4, -0.2) is 28.3 Å². The second-order valence-corrected chi connectivity index (χ2v) is 7.06. The van der Waals surface area contributed by atoms with Crippen LogP contribution in [0.5, 0.6) is 0 Å². The summed E-state index contributed by atoms with van der Waals surface area (Å²) in [5.74, 6) is -2.06. The van der Waals surface area contributed by atoms with E-state index < -0.39 is 17.6 Å². The Labute approximate surface area is 174 Å². The van der Waals surface area contributed by atoms with Gasteiger partial charge in [-0.15, -0.1) is 0 Å². The van der Waals surface area contributed by atoms with Gasteiger partial charge in [0.05, 0.1) is 17.2 Å². The standard InChI is InChI=1S/C25H19NO4/c1-2-21(26-24(29)19-14-8-9-15-20(19)25(26)30)17-12-6-7-13-18(17)23(28)22(27)16-10-4-3-5-11-16/h3-15,21H,2H2,1H3. The van der Waals surface area contributed by atoms with Crippen molar-refractivity contribution >= 4 is 23.4 Å². The minimum Gasteiger partial charge on any atom is -0.285 e. The maximum Gasteiger partial charge on any atom is 0.262 e. The molecule has 0 fully saturated rings. The van der Waals surface area contributed by atoms with Crippen LogP contribution in [-0.2, 0) is 0 Å². The van der Waals surface area contributed by atoms with Crippen molar-refractivity contribution in [2.24, 2.45) is 0 Å². The van der Waals surface area contributed by atoms with Gasteiger partial charge in [-0.25, -0.2) is 0 Å². The Kier molecular flexibility index (Phi) is 5.11. The normalized spacial score (nSPS) is 13.8. The third-order valence-corrected chi connectivity index (χ3v) is 5.33. The molecule has 0 bridgehead atoms. The molecule has 1 heterocycles. The first-order valence-electron chi connectivity index (χ1n) is 9.74. The summed E-state index contributed by atoms with van der Waals surface area (Å²) in [7, 11) is 0. The number of carbonyl (C=O) groups is 4. The van der Waals surface area contributed by atoms with Crippen LogP contribution in [0.3, 0.4) is 0 Å². The number of benzene rings is 3. The highest BCUT2D eigenvalue weighted by molar-refractivity contribution is 6.49. The molecule has 1 unspecified atom stereocenters. The Morgan fingerprint density at radius 1 is 0.733 bits per heavy atom. The average Bonchev–Trinajstić information content (AvgIpc) is 3.05. The van der Waals surface area contributed by atoms with Crippen LogP contribution in [0.2, 0.25) is 0 Å². The number of rotatable bonds is 6. The number of hydrogen-bond donors (Lipinski definition) is 0. The van der Waals surface area contributed by atoms with Gasteiger partial charge in [0.1, 0.15) is 0 Å². The lowest BCUT2D eigenvalue weighted by Crippen LogP contribution is -2.35. The lowest BCUT2D eigenvalue weighted by atomic mass is 9.92. The second-order valence-electron chi connectivity index (χ2n) is 7.06. The average molecular weight is 397 g/mol. The van der Waals surface area contributed by atoms with Gasteiger partial charge in [-0.05, 0) is 24.1 Å². The van der Waals surface area contributed by atoms with E-state index in [-0.39, 0.29) is 17.4 Å². The maximum absolute atomic E-state index is 13.0. The van der Waals surface area contributed by atoms with Crippen LogP contribution in [0.4, 0.5) is 0 Å². The van der Waals surface area contributed by atoms with Crippen LogP contribution >= 0.6 is 0 Å². The summed E-state index contributed by atoms with van der Waals surface area (Å²) in [5.41, 5.74) is 1.69. The second kappa shape index (κ2) is 7.87. The third-order valence-electron chi connectivity index (χ3n) is 5.33. The molecule has 0 aromatic heterocycles. The van der Waals surface area contributed by atoms with Crippen molar-refractivity contribution in [1.29, 1.82) is 0 Å². The van der Waals surface area contributed by atoms with Gasteiger partial charge >= 0.3 is 0 Å². The van der Waals surface area contributed by atoms with Gasteiger partial charge in [0.15, 0.2) is 0 Å². The molecule has 1 aliphatic heterocycles. The predicted molar refractivity (Wildman–Crippen MR) is 112 cm³/mol. The van der Waals surface area contributed by atoms with Crippen LogP contribution in [0.1, 0.15) is 66.4 Å². The zero-order valence-corrected chi connectivity index (χ0v) is 16.4. The fourth-order valence-electron chi connectivity index (χ4n) is 3.87. The van der Waals surface area contributed by atoms with E-state index in [9.17, 15) is 19.2 Å². The Bertz CT molecular complexity index is 1130. The van der Waals surface area contributed by atoms with Gasteiger partial charge in [-0.2, -0.15) is 0 Å². The lowest BCUT2D eigenvalue weighted by molar-refractivity contribution is 0.0575. The molecule has 0 spiro atoms. The largest absolute Gasteiger partial charge is 0.285 e. The predicted octanol–water partition coefficient (Wildman–Crippen LogP) is 4.50. The quantitative estimate of drug-likeness (QED) is 0.349. The van der Waals surface area contributed by atoms with E-state index >= 15 is 0 Å². The molecule has 3 aromatic rings. The summed E-state index contributed by atoms with van der Waals surface area (Å²) in [6, 6.07) is 21.0. The topological polar surface area (TPSA) is 71.5 Å². The van der Waals surface area contributed by atoms with E-state index in [1.54, 1.807) is 78.9 Å². The first-order chi connectivity index (χ1) is 14.5. The molecule has 3 aromatic carbocycles. The first kappa shape index (κ1) is 19.5. The highest BCUT2D eigenvalue weighted by atomic mass is 16.2. The van der Waals surface area contributed by atoms with E-state index in [2.05, 4.69) is 0 Å². The van der Waals surface area contributed by atoms with Gasteiger partial charge in [-0.1, -0.05) is 73.7 Å². The number of nitrogens with zero attached hydrogens (tertiary/aromatic N) is 1. The molecule has 0 saturated carbocycles. The highest BCUT2D eigenvalue weighted by Gasteiger charge is 2.40. The molecular formula is C25H19NO4. The summed E-state index contributed by atoms with van der Waals surface area (Å²) in [6.07, 6.45) is 0.412. The van der Waals surface area contributed by atoms with Crippen molar-refractivity contribution < 1.29 is 19.2 Å². The van der Waals surface area contributed by atoms with Crippen LogP contribution in [0.25, 0.3) is 0 Å². The zero-order chi connectivity index (χ0) is 21.3. The summed E-state index contributed by atoms with van der Waals surface area (Å²) in [4.78, 5) is 52.9. The van der Waals surface area contributed by atoms with Crippen molar-refractivity contribution in [1.82, 2.24) is 4.90 Å². The number of Topliss-reactive ketones (excluding diaryl/α,β-unsaturated/α-hetero) is 2. The van der Waals surface area contributed by atoms with Crippen molar-refractivity contribution in [2.75, 3.05) is 0 Å². The van der Waals surface area contributed by atoms with Gasteiger partial charge in [0.25, 0.3) is 11.8 Å². The molecule has 0 radical (unpaired) electrons. The molecular weight excluding hydrogens is 378 g/mol. The Morgan fingerprint density at radius 2 is 1.27 bits per heavy atom. The Balaban J connectivity index is 1.74. The van der Waals surface area contributed by atoms with Crippen molar-refractivity contribution in [3.8, 4) is 0 Å². The maximum atomic E-state index is 13.0. The monoisotopic (exact) mass is 397 g/mol. The molecule has 148 valence electrons. The smallest absolute Gasteiger partial charge is 0.262 e. The number of ketones is 2. The Morgan fingerprint density at radius 3 is 1.87 bits per heavy atom. The molecule has 1 atom stereocenters. The van der Waals surface area contributed by atoms with Gasteiger partial charge in [0.2, 0.25) is 11.6 Å². The molecule has 2 amide bonds. The number of fused-ring (bicyclic) bond motifs is 1. The zero-order valence-electron chi connectivity index (χ0n) is 16.4.